The molecule has 1 aliphatic rings. The Bertz CT molecular complexity index is 850. The van der Waals surface area contributed by atoms with E-state index in [1.807, 2.05) is 18.2 Å². The Morgan fingerprint density at radius 3 is 2.70 bits per heavy atom. The standard InChI is InChI=1S/C19H18N2O4S2/c22-11-10-20(14-5-2-1-3-6-14)17(23)8-9-21-18(24)16(27-19(21)26)13-15-7-4-12-25-15/h1-7,12-13,22H,8-11H2/b16-13+. The van der Waals surface area contributed by atoms with Gasteiger partial charge < -0.3 is 14.4 Å². The summed E-state index contributed by atoms with van der Waals surface area (Å²) in [5.74, 6) is 0.159. The van der Waals surface area contributed by atoms with E-state index in [-0.39, 0.29) is 37.9 Å². The minimum absolute atomic E-state index is 0.107. The second kappa shape index (κ2) is 8.98. The molecule has 0 unspecified atom stereocenters. The maximum atomic E-state index is 12.6. The lowest BCUT2D eigenvalue weighted by Gasteiger charge is -2.23. The predicted molar refractivity (Wildman–Crippen MR) is 109 cm³/mol. The van der Waals surface area contributed by atoms with Crippen molar-refractivity contribution in [3.05, 3.63) is 59.4 Å². The van der Waals surface area contributed by atoms with Gasteiger partial charge in [-0.25, -0.2) is 0 Å². The molecule has 0 spiro atoms. The molecule has 3 rings (SSSR count). The minimum Gasteiger partial charge on any atom is -0.465 e. The van der Waals surface area contributed by atoms with Gasteiger partial charge in [0.05, 0.1) is 17.8 Å². The molecule has 2 aromatic rings. The number of para-hydroxylation sites is 1. The van der Waals surface area contributed by atoms with E-state index in [0.717, 1.165) is 0 Å². The smallest absolute Gasteiger partial charge is 0.266 e. The van der Waals surface area contributed by atoms with Crippen LogP contribution in [0.15, 0.2) is 58.1 Å². The zero-order valence-electron chi connectivity index (χ0n) is 14.4. The molecule has 2 heterocycles. The van der Waals surface area contributed by atoms with Gasteiger partial charge in [0.1, 0.15) is 10.1 Å². The van der Waals surface area contributed by atoms with Crippen molar-refractivity contribution in [2.75, 3.05) is 24.6 Å². The highest BCUT2D eigenvalue weighted by Gasteiger charge is 2.32. The van der Waals surface area contributed by atoms with Crippen molar-refractivity contribution < 1.29 is 19.1 Å². The van der Waals surface area contributed by atoms with Crippen LogP contribution in [0.25, 0.3) is 6.08 Å². The maximum Gasteiger partial charge on any atom is 0.266 e. The average Bonchev–Trinajstić information content (AvgIpc) is 3.27. The van der Waals surface area contributed by atoms with E-state index in [1.54, 1.807) is 30.3 Å². The molecule has 1 aromatic heterocycles. The number of benzene rings is 1. The van der Waals surface area contributed by atoms with E-state index in [4.69, 9.17) is 16.6 Å². The third-order valence-corrected chi connectivity index (χ3v) is 5.31. The maximum absolute atomic E-state index is 12.6. The number of aliphatic hydroxyl groups excluding tert-OH is 1. The van der Waals surface area contributed by atoms with Crippen LogP contribution in [-0.4, -0.2) is 45.8 Å². The van der Waals surface area contributed by atoms with Crippen molar-refractivity contribution in [1.82, 2.24) is 4.90 Å². The SMILES string of the molecule is O=C1/C(=C\c2ccco2)SC(=S)N1CCC(=O)N(CCO)c1ccccc1. The monoisotopic (exact) mass is 402 g/mol. The summed E-state index contributed by atoms with van der Waals surface area (Å²) in [7, 11) is 0. The van der Waals surface area contributed by atoms with Crippen LogP contribution in [0.5, 0.6) is 0 Å². The highest BCUT2D eigenvalue weighted by atomic mass is 32.2. The third kappa shape index (κ3) is 4.65. The molecule has 1 fully saturated rings. The van der Waals surface area contributed by atoms with Crippen LogP contribution in [0.2, 0.25) is 0 Å². The number of aliphatic hydroxyl groups is 1. The number of furan rings is 1. The number of nitrogens with zero attached hydrogens (tertiary/aromatic N) is 2. The van der Waals surface area contributed by atoms with Gasteiger partial charge in [0.15, 0.2) is 0 Å². The number of carbonyl (C=O) groups is 2. The summed E-state index contributed by atoms with van der Waals surface area (Å²) in [5.41, 5.74) is 0.708. The lowest BCUT2D eigenvalue weighted by Crippen LogP contribution is -2.37. The quantitative estimate of drug-likeness (QED) is 0.567. The van der Waals surface area contributed by atoms with Crippen molar-refractivity contribution in [2.24, 2.45) is 0 Å². The first kappa shape index (κ1) is 19.3. The Morgan fingerprint density at radius 2 is 2.04 bits per heavy atom. The number of thioether (sulfide) groups is 1. The number of hydrogen-bond donors (Lipinski definition) is 1. The Morgan fingerprint density at radius 1 is 1.26 bits per heavy atom. The molecule has 140 valence electrons. The van der Waals surface area contributed by atoms with Crippen molar-refractivity contribution >= 4 is 51.9 Å². The molecule has 2 amide bonds. The fraction of sp³-hybridized carbons (Fsp3) is 0.211. The van der Waals surface area contributed by atoms with Crippen molar-refractivity contribution in [1.29, 1.82) is 0 Å². The number of hydrogen-bond acceptors (Lipinski definition) is 6. The van der Waals surface area contributed by atoms with Gasteiger partial charge in [-0.1, -0.05) is 42.2 Å². The number of carbonyl (C=O) groups excluding carboxylic acids is 2. The van der Waals surface area contributed by atoms with Crippen LogP contribution in [0.3, 0.4) is 0 Å². The van der Waals surface area contributed by atoms with Gasteiger partial charge in [0, 0.05) is 31.3 Å². The molecule has 0 radical (unpaired) electrons. The summed E-state index contributed by atoms with van der Waals surface area (Å²) >= 11 is 6.48. The molecule has 6 nitrogen and oxygen atoms in total. The summed E-state index contributed by atoms with van der Waals surface area (Å²) in [6.45, 7) is 0.237. The second-order valence-electron chi connectivity index (χ2n) is 5.70. The Hall–Kier alpha value is -2.42. The van der Waals surface area contributed by atoms with E-state index in [1.165, 1.54) is 27.8 Å². The fourth-order valence-electron chi connectivity index (χ4n) is 2.64. The average molecular weight is 402 g/mol. The first-order valence-electron chi connectivity index (χ1n) is 8.35. The molecule has 8 heteroatoms. The number of thiocarbonyl (C=S) groups is 1. The highest BCUT2D eigenvalue weighted by molar-refractivity contribution is 8.26. The van der Waals surface area contributed by atoms with Gasteiger partial charge in [-0.3, -0.25) is 14.5 Å². The first-order chi connectivity index (χ1) is 13.1. The lowest BCUT2D eigenvalue weighted by atomic mass is 10.2. The second-order valence-corrected chi connectivity index (χ2v) is 7.38. The van der Waals surface area contributed by atoms with Gasteiger partial charge in [0.2, 0.25) is 5.91 Å². The summed E-state index contributed by atoms with van der Waals surface area (Å²) in [6.07, 6.45) is 3.28. The van der Waals surface area contributed by atoms with Crippen molar-refractivity contribution in [3.63, 3.8) is 0 Å². The van der Waals surface area contributed by atoms with E-state index < -0.39 is 0 Å². The van der Waals surface area contributed by atoms with Gasteiger partial charge in [0.25, 0.3) is 5.91 Å². The molecule has 0 atom stereocenters. The molecule has 0 aliphatic carbocycles. The fourth-order valence-corrected chi connectivity index (χ4v) is 3.93. The molecule has 1 N–H and O–H groups in total. The summed E-state index contributed by atoms with van der Waals surface area (Å²) < 4.78 is 5.65. The number of anilines is 1. The summed E-state index contributed by atoms with van der Waals surface area (Å²) in [4.78, 5) is 28.6. The highest BCUT2D eigenvalue weighted by Crippen LogP contribution is 2.32. The number of rotatable bonds is 7. The van der Waals surface area contributed by atoms with Crippen LogP contribution >= 0.6 is 24.0 Å². The Balaban J connectivity index is 1.65. The van der Waals surface area contributed by atoms with E-state index >= 15 is 0 Å². The molecule has 1 saturated heterocycles. The molecule has 1 aliphatic heterocycles. The van der Waals surface area contributed by atoms with Crippen molar-refractivity contribution in [2.45, 2.75) is 6.42 Å². The largest absolute Gasteiger partial charge is 0.465 e. The van der Waals surface area contributed by atoms with Crippen LogP contribution in [-0.2, 0) is 9.59 Å². The summed E-state index contributed by atoms with van der Waals surface area (Å²) in [5, 5.41) is 9.27. The van der Waals surface area contributed by atoms with Crippen LogP contribution in [0.1, 0.15) is 12.2 Å². The number of amides is 2. The van der Waals surface area contributed by atoms with Crippen molar-refractivity contribution in [3.8, 4) is 0 Å². The van der Waals surface area contributed by atoms with Gasteiger partial charge >= 0.3 is 0 Å². The Labute approximate surface area is 166 Å². The van der Waals surface area contributed by atoms with Crippen LogP contribution in [0.4, 0.5) is 5.69 Å². The topological polar surface area (TPSA) is 74.0 Å². The van der Waals surface area contributed by atoms with Gasteiger partial charge in [-0.15, -0.1) is 0 Å². The zero-order valence-corrected chi connectivity index (χ0v) is 16.0. The van der Waals surface area contributed by atoms with Gasteiger partial charge in [-0.2, -0.15) is 0 Å². The summed E-state index contributed by atoms with van der Waals surface area (Å²) in [6, 6.07) is 12.6. The lowest BCUT2D eigenvalue weighted by molar-refractivity contribution is -0.123. The van der Waals surface area contributed by atoms with Crippen LogP contribution < -0.4 is 4.90 Å². The molecular formula is C19H18N2O4S2. The van der Waals surface area contributed by atoms with E-state index in [9.17, 15) is 14.7 Å². The molecular weight excluding hydrogens is 384 g/mol. The predicted octanol–water partition coefficient (Wildman–Crippen LogP) is 2.90. The molecule has 1 aromatic carbocycles. The third-order valence-electron chi connectivity index (χ3n) is 3.93. The van der Waals surface area contributed by atoms with E-state index in [2.05, 4.69) is 0 Å². The zero-order chi connectivity index (χ0) is 19.2. The molecule has 27 heavy (non-hydrogen) atoms. The first-order valence-corrected chi connectivity index (χ1v) is 9.58. The normalized spacial score (nSPS) is 15.6. The van der Waals surface area contributed by atoms with E-state index in [0.29, 0.717) is 20.7 Å². The Kier molecular flexibility index (Phi) is 6.44. The molecule has 0 saturated carbocycles. The van der Waals surface area contributed by atoms with Gasteiger partial charge in [-0.05, 0) is 24.3 Å². The van der Waals surface area contributed by atoms with Crippen LogP contribution in [0, 0.1) is 0 Å². The molecule has 0 bridgehead atoms. The minimum atomic E-state index is -0.234.